The molecule has 1 aromatic carbocycles. The largest absolute Gasteiger partial charge is 0.497 e. The van der Waals surface area contributed by atoms with E-state index in [0.29, 0.717) is 6.54 Å². The van der Waals surface area contributed by atoms with Crippen molar-refractivity contribution in [2.24, 2.45) is 5.73 Å². The second-order valence-electron chi connectivity index (χ2n) is 5.43. The van der Waals surface area contributed by atoms with Crippen LogP contribution in [0, 0.1) is 6.92 Å². The molecule has 0 bridgehead atoms. The van der Waals surface area contributed by atoms with Gasteiger partial charge in [-0.05, 0) is 50.1 Å². The van der Waals surface area contributed by atoms with E-state index >= 15 is 0 Å². The molecule has 4 nitrogen and oxygen atoms in total. The summed E-state index contributed by atoms with van der Waals surface area (Å²) < 4.78 is 5.18. The highest BCUT2D eigenvalue weighted by Crippen LogP contribution is 2.45. The Bertz CT molecular complexity index is 618. The van der Waals surface area contributed by atoms with Gasteiger partial charge in [-0.15, -0.1) is 0 Å². The number of ether oxygens (including phenoxy) is 1. The zero-order chi connectivity index (χ0) is 14.2. The van der Waals surface area contributed by atoms with E-state index in [9.17, 15) is 0 Å². The number of hydrogen-bond donors (Lipinski definition) is 1. The lowest BCUT2D eigenvalue weighted by molar-refractivity contribution is 0.415. The second kappa shape index (κ2) is 4.87. The summed E-state index contributed by atoms with van der Waals surface area (Å²) in [6.45, 7) is 2.63. The molecule has 0 atom stereocenters. The Labute approximate surface area is 119 Å². The Morgan fingerprint density at radius 3 is 2.45 bits per heavy atom. The Balaban J connectivity index is 2.00. The Hall–Kier alpha value is -1.94. The minimum absolute atomic E-state index is 0.0211. The first-order chi connectivity index (χ1) is 9.66. The summed E-state index contributed by atoms with van der Waals surface area (Å²) in [5, 5.41) is 0. The summed E-state index contributed by atoms with van der Waals surface area (Å²) in [6.07, 6.45) is 2.18. The van der Waals surface area contributed by atoms with Crippen LogP contribution in [0.5, 0.6) is 5.75 Å². The molecule has 2 N–H and O–H groups in total. The van der Waals surface area contributed by atoms with Crippen molar-refractivity contribution in [2.75, 3.05) is 13.7 Å². The molecule has 0 amide bonds. The number of nitrogens with two attached hydrogens (primary N) is 1. The normalized spacial score (nSPS) is 15.9. The number of benzene rings is 1. The fraction of sp³-hybridized carbons (Fsp3) is 0.375. The van der Waals surface area contributed by atoms with Crippen molar-refractivity contribution in [3.63, 3.8) is 0 Å². The molecule has 1 aliphatic carbocycles. The van der Waals surface area contributed by atoms with Crippen LogP contribution < -0.4 is 10.5 Å². The smallest absolute Gasteiger partial charge is 0.136 e. The summed E-state index contributed by atoms with van der Waals surface area (Å²) in [5.74, 6) is 1.74. The molecule has 0 radical (unpaired) electrons. The van der Waals surface area contributed by atoms with E-state index in [0.717, 1.165) is 41.4 Å². The second-order valence-corrected chi connectivity index (χ2v) is 5.43. The predicted octanol–water partition coefficient (Wildman–Crippen LogP) is 2.45. The van der Waals surface area contributed by atoms with Gasteiger partial charge in [-0.3, -0.25) is 0 Å². The van der Waals surface area contributed by atoms with Gasteiger partial charge in [-0.25, -0.2) is 9.97 Å². The lowest BCUT2D eigenvalue weighted by Crippen LogP contribution is -2.23. The van der Waals surface area contributed by atoms with Crippen LogP contribution in [-0.4, -0.2) is 23.6 Å². The van der Waals surface area contributed by atoms with Crippen molar-refractivity contribution < 1.29 is 4.74 Å². The van der Waals surface area contributed by atoms with E-state index in [1.54, 1.807) is 7.11 Å². The van der Waals surface area contributed by atoms with E-state index in [2.05, 4.69) is 4.98 Å². The molecular formula is C16H19N3O. The molecule has 1 saturated carbocycles. The number of methoxy groups -OCH3 is 1. The molecular weight excluding hydrogens is 250 g/mol. The molecule has 0 unspecified atom stereocenters. The quantitative estimate of drug-likeness (QED) is 0.926. The molecule has 0 saturated heterocycles. The lowest BCUT2D eigenvalue weighted by Gasteiger charge is -2.13. The Morgan fingerprint density at radius 1 is 1.20 bits per heavy atom. The van der Waals surface area contributed by atoms with Crippen molar-refractivity contribution in [1.82, 2.24) is 9.97 Å². The van der Waals surface area contributed by atoms with Crippen LogP contribution in [0.2, 0.25) is 0 Å². The maximum absolute atomic E-state index is 5.88. The van der Waals surface area contributed by atoms with Crippen LogP contribution in [0.4, 0.5) is 0 Å². The fourth-order valence-electron chi connectivity index (χ4n) is 2.39. The van der Waals surface area contributed by atoms with Gasteiger partial charge < -0.3 is 10.5 Å². The van der Waals surface area contributed by atoms with Crippen molar-refractivity contribution in [2.45, 2.75) is 25.2 Å². The first-order valence-electron chi connectivity index (χ1n) is 6.87. The minimum atomic E-state index is 0.0211. The molecule has 0 aliphatic heterocycles. The van der Waals surface area contributed by atoms with Gasteiger partial charge in [0.2, 0.25) is 0 Å². The molecule has 2 aromatic rings. The first-order valence-corrected chi connectivity index (χ1v) is 6.87. The average Bonchev–Trinajstić information content (AvgIpc) is 3.28. The van der Waals surface area contributed by atoms with Crippen molar-refractivity contribution >= 4 is 0 Å². The summed E-state index contributed by atoms with van der Waals surface area (Å²) in [6, 6.07) is 9.95. The molecule has 104 valence electrons. The minimum Gasteiger partial charge on any atom is -0.497 e. The van der Waals surface area contributed by atoms with Crippen LogP contribution in [0.3, 0.4) is 0 Å². The lowest BCUT2D eigenvalue weighted by atomic mass is 10.1. The molecule has 1 aliphatic rings. The van der Waals surface area contributed by atoms with Crippen LogP contribution in [0.15, 0.2) is 30.3 Å². The van der Waals surface area contributed by atoms with E-state index in [1.165, 1.54) is 0 Å². The number of hydrogen-bond acceptors (Lipinski definition) is 4. The SMILES string of the molecule is COc1ccc(-c2cc(C)nc(C3(CN)CC3)n2)cc1. The molecule has 20 heavy (non-hydrogen) atoms. The zero-order valence-corrected chi connectivity index (χ0v) is 11.9. The number of nitrogens with zero attached hydrogens (tertiary/aromatic N) is 2. The molecule has 1 heterocycles. The topological polar surface area (TPSA) is 61.0 Å². The Kier molecular flexibility index (Phi) is 3.18. The van der Waals surface area contributed by atoms with E-state index in [1.807, 2.05) is 37.3 Å². The molecule has 0 spiro atoms. The van der Waals surface area contributed by atoms with Crippen molar-refractivity contribution in [1.29, 1.82) is 0 Å². The summed E-state index contributed by atoms with van der Waals surface area (Å²) >= 11 is 0. The number of rotatable bonds is 4. The van der Waals surface area contributed by atoms with Gasteiger partial charge in [0.1, 0.15) is 11.6 Å². The van der Waals surface area contributed by atoms with Crippen LogP contribution in [-0.2, 0) is 5.41 Å². The third-order valence-electron chi connectivity index (χ3n) is 3.96. The van der Waals surface area contributed by atoms with Gasteiger partial charge in [0, 0.05) is 23.2 Å². The van der Waals surface area contributed by atoms with E-state index in [4.69, 9.17) is 15.5 Å². The van der Waals surface area contributed by atoms with Crippen LogP contribution >= 0.6 is 0 Å². The van der Waals surface area contributed by atoms with E-state index < -0.39 is 0 Å². The van der Waals surface area contributed by atoms with Gasteiger partial charge >= 0.3 is 0 Å². The van der Waals surface area contributed by atoms with E-state index in [-0.39, 0.29) is 5.41 Å². The van der Waals surface area contributed by atoms with Crippen molar-refractivity contribution in [3.05, 3.63) is 41.9 Å². The zero-order valence-electron chi connectivity index (χ0n) is 11.9. The summed E-state index contributed by atoms with van der Waals surface area (Å²) in [7, 11) is 1.67. The van der Waals surface area contributed by atoms with Gasteiger partial charge in [-0.2, -0.15) is 0 Å². The van der Waals surface area contributed by atoms with Gasteiger partial charge in [0.15, 0.2) is 0 Å². The monoisotopic (exact) mass is 269 g/mol. The highest BCUT2D eigenvalue weighted by Gasteiger charge is 2.46. The predicted molar refractivity (Wildman–Crippen MR) is 78.7 cm³/mol. The summed E-state index contributed by atoms with van der Waals surface area (Å²) in [5.41, 5.74) is 8.92. The third kappa shape index (κ3) is 2.27. The molecule has 3 rings (SSSR count). The van der Waals surface area contributed by atoms with Gasteiger partial charge in [0.05, 0.1) is 12.8 Å². The Morgan fingerprint density at radius 2 is 1.90 bits per heavy atom. The molecule has 1 aromatic heterocycles. The fourth-order valence-corrected chi connectivity index (χ4v) is 2.39. The molecule has 4 heteroatoms. The number of aromatic nitrogens is 2. The highest BCUT2D eigenvalue weighted by molar-refractivity contribution is 5.60. The van der Waals surface area contributed by atoms with Crippen LogP contribution in [0.25, 0.3) is 11.3 Å². The van der Waals surface area contributed by atoms with Crippen molar-refractivity contribution in [3.8, 4) is 17.0 Å². The van der Waals surface area contributed by atoms with Crippen LogP contribution in [0.1, 0.15) is 24.4 Å². The maximum Gasteiger partial charge on any atom is 0.136 e. The highest BCUT2D eigenvalue weighted by atomic mass is 16.5. The number of aryl methyl sites for hydroxylation is 1. The van der Waals surface area contributed by atoms with Gasteiger partial charge in [-0.1, -0.05) is 0 Å². The summed E-state index contributed by atoms with van der Waals surface area (Å²) in [4.78, 5) is 9.31. The average molecular weight is 269 g/mol. The first kappa shape index (κ1) is 13.1. The standard InChI is InChI=1S/C16H19N3O/c1-11-9-14(12-3-5-13(20-2)6-4-12)19-15(18-11)16(10-17)7-8-16/h3-6,9H,7-8,10,17H2,1-2H3. The third-order valence-corrected chi connectivity index (χ3v) is 3.96. The maximum atomic E-state index is 5.88. The molecule has 1 fully saturated rings. The van der Waals surface area contributed by atoms with Gasteiger partial charge in [0.25, 0.3) is 0 Å².